The van der Waals surface area contributed by atoms with E-state index in [0.717, 1.165) is 20.8 Å². The Bertz CT molecular complexity index is 1140. The number of fused-ring (bicyclic) bond motifs is 1. The molecular formula is C22H18ClN3O2S. The fourth-order valence-electron chi connectivity index (χ4n) is 2.89. The molecule has 1 aromatic heterocycles. The van der Waals surface area contributed by atoms with Gasteiger partial charge in [0.1, 0.15) is 10.8 Å². The molecule has 0 spiro atoms. The van der Waals surface area contributed by atoms with Gasteiger partial charge >= 0.3 is 6.03 Å². The van der Waals surface area contributed by atoms with Gasteiger partial charge in [-0.3, -0.25) is 0 Å². The van der Waals surface area contributed by atoms with Crippen molar-refractivity contribution >= 4 is 50.6 Å². The first kappa shape index (κ1) is 19.2. The van der Waals surface area contributed by atoms with Crippen LogP contribution in [0.25, 0.3) is 20.8 Å². The fourth-order valence-corrected chi connectivity index (χ4v) is 4.22. The summed E-state index contributed by atoms with van der Waals surface area (Å²) in [7, 11) is 0. The molecule has 0 fully saturated rings. The van der Waals surface area contributed by atoms with Crippen molar-refractivity contribution in [2.24, 2.45) is 0 Å². The molecule has 3 aromatic carbocycles. The number of aromatic nitrogens is 1. The Kier molecular flexibility index (Phi) is 5.64. The van der Waals surface area contributed by atoms with Crippen LogP contribution in [0.2, 0.25) is 5.02 Å². The molecule has 7 heteroatoms. The number of rotatable bonds is 5. The summed E-state index contributed by atoms with van der Waals surface area (Å²) in [6, 6.07) is 20.3. The van der Waals surface area contributed by atoms with Crippen LogP contribution in [0.15, 0.2) is 66.7 Å². The predicted molar refractivity (Wildman–Crippen MR) is 120 cm³/mol. The summed E-state index contributed by atoms with van der Waals surface area (Å²) in [5.41, 5.74) is 2.97. The first-order chi connectivity index (χ1) is 14.1. The van der Waals surface area contributed by atoms with Gasteiger partial charge in [0.15, 0.2) is 0 Å². The number of carbonyl (C=O) groups excluding carboxylic acids is 1. The quantitative estimate of drug-likeness (QED) is 0.377. The predicted octanol–water partition coefficient (Wildman–Crippen LogP) is 6.66. The molecule has 2 N–H and O–H groups in total. The summed E-state index contributed by atoms with van der Waals surface area (Å²) in [5.74, 6) is 0.620. The number of halogens is 1. The fraction of sp³-hybridized carbons (Fsp3) is 0.0909. The van der Waals surface area contributed by atoms with E-state index in [0.29, 0.717) is 28.8 Å². The van der Waals surface area contributed by atoms with Crippen LogP contribution in [-0.4, -0.2) is 17.6 Å². The zero-order valence-corrected chi connectivity index (χ0v) is 17.2. The van der Waals surface area contributed by atoms with Gasteiger partial charge in [0.2, 0.25) is 0 Å². The lowest BCUT2D eigenvalue weighted by Gasteiger charge is -2.12. The van der Waals surface area contributed by atoms with Gasteiger partial charge in [0.05, 0.1) is 27.5 Å². The maximum absolute atomic E-state index is 12.4. The van der Waals surface area contributed by atoms with E-state index in [1.807, 2.05) is 55.5 Å². The number of hydrogen-bond acceptors (Lipinski definition) is 4. The lowest BCUT2D eigenvalue weighted by atomic mass is 10.2. The highest BCUT2D eigenvalue weighted by Crippen LogP contribution is 2.35. The monoisotopic (exact) mass is 423 g/mol. The Morgan fingerprint density at radius 2 is 1.86 bits per heavy atom. The highest BCUT2D eigenvalue weighted by molar-refractivity contribution is 7.21. The van der Waals surface area contributed by atoms with E-state index >= 15 is 0 Å². The largest absolute Gasteiger partial charge is 0.492 e. The molecule has 0 unspecified atom stereocenters. The van der Waals surface area contributed by atoms with Gasteiger partial charge in [0.25, 0.3) is 0 Å². The summed E-state index contributed by atoms with van der Waals surface area (Å²) in [6.45, 7) is 2.41. The normalized spacial score (nSPS) is 10.7. The molecule has 0 saturated heterocycles. The molecule has 0 aliphatic carbocycles. The molecule has 0 aliphatic rings. The van der Waals surface area contributed by atoms with Crippen molar-refractivity contribution in [2.45, 2.75) is 6.92 Å². The molecule has 0 radical (unpaired) electrons. The summed E-state index contributed by atoms with van der Waals surface area (Å²) in [4.78, 5) is 17.0. The van der Waals surface area contributed by atoms with Gasteiger partial charge in [-0.15, -0.1) is 11.3 Å². The second kappa shape index (κ2) is 8.51. The Morgan fingerprint density at radius 1 is 1.07 bits per heavy atom. The topological polar surface area (TPSA) is 63.2 Å². The molecule has 2 amide bonds. The van der Waals surface area contributed by atoms with E-state index < -0.39 is 0 Å². The lowest BCUT2D eigenvalue weighted by Crippen LogP contribution is -2.19. The number of para-hydroxylation sites is 3. The number of nitrogens with one attached hydrogen (secondary N) is 2. The molecule has 4 aromatic rings. The smallest absolute Gasteiger partial charge is 0.323 e. The van der Waals surface area contributed by atoms with Gasteiger partial charge in [-0.2, -0.15) is 0 Å². The SMILES string of the molecule is CCOc1ccccc1NC(=O)Nc1ccc(-c2nc3ccccc3s2)c(Cl)c1. The summed E-state index contributed by atoms with van der Waals surface area (Å²) < 4.78 is 6.63. The first-order valence-corrected chi connectivity index (χ1v) is 10.3. The summed E-state index contributed by atoms with van der Waals surface area (Å²) in [6.07, 6.45) is 0. The van der Waals surface area contributed by atoms with Gasteiger partial charge < -0.3 is 15.4 Å². The van der Waals surface area contributed by atoms with Crippen molar-refractivity contribution in [3.8, 4) is 16.3 Å². The Labute approximate surface area is 177 Å². The van der Waals surface area contributed by atoms with Crippen molar-refractivity contribution in [1.29, 1.82) is 0 Å². The maximum atomic E-state index is 12.4. The highest BCUT2D eigenvalue weighted by Gasteiger charge is 2.12. The number of benzene rings is 3. The minimum atomic E-state index is -0.374. The molecule has 0 bridgehead atoms. The molecule has 0 saturated carbocycles. The maximum Gasteiger partial charge on any atom is 0.323 e. The number of urea groups is 1. The number of anilines is 2. The van der Waals surface area contributed by atoms with Crippen molar-refractivity contribution in [1.82, 2.24) is 4.98 Å². The average Bonchev–Trinajstić information content (AvgIpc) is 3.13. The number of amides is 2. The summed E-state index contributed by atoms with van der Waals surface area (Å²) >= 11 is 8.06. The van der Waals surface area contributed by atoms with Crippen LogP contribution in [0.1, 0.15) is 6.92 Å². The number of hydrogen-bond donors (Lipinski definition) is 2. The molecule has 146 valence electrons. The Morgan fingerprint density at radius 3 is 2.66 bits per heavy atom. The van der Waals surface area contributed by atoms with Crippen molar-refractivity contribution in [3.05, 3.63) is 71.8 Å². The van der Waals surface area contributed by atoms with E-state index in [9.17, 15) is 4.79 Å². The minimum Gasteiger partial charge on any atom is -0.492 e. The summed E-state index contributed by atoms with van der Waals surface area (Å²) in [5, 5.41) is 6.97. The van der Waals surface area contributed by atoms with Crippen LogP contribution in [0, 0.1) is 0 Å². The molecule has 4 rings (SSSR count). The molecule has 0 atom stereocenters. The van der Waals surface area contributed by atoms with Crippen LogP contribution in [-0.2, 0) is 0 Å². The molecule has 29 heavy (non-hydrogen) atoms. The number of carbonyl (C=O) groups is 1. The average molecular weight is 424 g/mol. The van der Waals surface area contributed by atoms with E-state index in [1.54, 1.807) is 29.5 Å². The number of nitrogens with zero attached hydrogens (tertiary/aromatic N) is 1. The van der Waals surface area contributed by atoms with E-state index in [2.05, 4.69) is 15.6 Å². The van der Waals surface area contributed by atoms with Crippen molar-refractivity contribution < 1.29 is 9.53 Å². The van der Waals surface area contributed by atoms with Gasteiger partial charge in [0, 0.05) is 11.3 Å². The minimum absolute atomic E-state index is 0.374. The van der Waals surface area contributed by atoms with E-state index in [-0.39, 0.29) is 6.03 Å². The highest BCUT2D eigenvalue weighted by atomic mass is 35.5. The van der Waals surface area contributed by atoms with E-state index in [4.69, 9.17) is 16.3 Å². The van der Waals surface area contributed by atoms with Crippen molar-refractivity contribution in [3.63, 3.8) is 0 Å². The van der Waals surface area contributed by atoms with Gasteiger partial charge in [-0.1, -0.05) is 35.9 Å². The standard InChI is InChI=1S/C22H18ClN3O2S/c1-2-28-19-9-5-3-7-17(19)26-22(27)24-14-11-12-15(16(23)13-14)21-25-18-8-4-6-10-20(18)29-21/h3-13H,2H2,1H3,(H2,24,26,27). The zero-order chi connectivity index (χ0) is 20.2. The molecular weight excluding hydrogens is 406 g/mol. The van der Waals surface area contributed by atoms with Crippen LogP contribution in [0.5, 0.6) is 5.75 Å². The molecule has 5 nitrogen and oxygen atoms in total. The lowest BCUT2D eigenvalue weighted by molar-refractivity contribution is 0.262. The second-order valence-corrected chi connectivity index (χ2v) is 7.63. The zero-order valence-electron chi connectivity index (χ0n) is 15.6. The third-order valence-corrected chi connectivity index (χ3v) is 5.57. The number of ether oxygens (including phenoxy) is 1. The third kappa shape index (κ3) is 4.34. The Hall–Kier alpha value is -3.09. The second-order valence-electron chi connectivity index (χ2n) is 6.19. The van der Waals surface area contributed by atoms with Crippen LogP contribution < -0.4 is 15.4 Å². The van der Waals surface area contributed by atoms with Crippen LogP contribution >= 0.6 is 22.9 Å². The van der Waals surface area contributed by atoms with Crippen molar-refractivity contribution in [2.75, 3.05) is 17.2 Å². The number of thiazole rings is 1. The van der Waals surface area contributed by atoms with Crippen LogP contribution in [0.3, 0.4) is 0 Å². The Balaban J connectivity index is 1.50. The van der Waals surface area contributed by atoms with E-state index in [1.165, 1.54) is 0 Å². The van der Waals surface area contributed by atoms with Crippen LogP contribution in [0.4, 0.5) is 16.2 Å². The molecule has 0 aliphatic heterocycles. The third-order valence-electron chi connectivity index (χ3n) is 4.19. The van der Waals surface area contributed by atoms with Gasteiger partial charge in [-0.25, -0.2) is 9.78 Å². The molecule has 1 heterocycles. The van der Waals surface area contributed by atoms with Gasteiger partial charge in [-0.05, 0) is 49.4 Å². The first-order valence-electron chi connectivity index (χ1n) is 9.09.